The number of aryl methyl sites for hydroxylation is 1. The van der Waals surface area contributed by atoms with Crippen LogP contribution in [0, 0.1) is 27.2 Å². The van der Waals surface area contributed by atoms with E-state index in [1.165, 1.54) is 12.1 Å². The highest BCUT2D eigenvalue weighted by Gasteiger charge is 2.14. The summed E-state index contributed by atoms with van der Waals surface area (Å²) in [4.78, 5) is 32.3. The van der Waals surface area contributed by atoms with Crippen LogP contribution in [-0.2, 0) is 0 Å². The normalized spacial score (nSPS) is 10.6. The number of amides is 1. The Morgan fingerprint density at radius 1 is 1.16 bits per heavy atom. The van der Waals surface area contributed by atoms with Crippen LogP contribution in [0.1, 0.15) is 21.5 Å². The van der Waals surface area contributed by atoms with E-state index in [0.717, 1.165) is 30.5 Å². The maximum atomic E-state index is 12.0. The Labute approximate surface area is 140 Å². The Hall–Kier alpha value is -3.82. The van der Waals surface area contributed by atoms with Crippen molar-refractivity contribution in [3.8, 4) is 5.75 Å². The van der Waals surface area contributed by atoms with Crippen molar-refractivity contribution >= 4 is 23.5 Å². The molecular weight excluding hydrogens is 332 g/mol. The van der Waals surface area contributed by atoms with Crippen molar-refractivity contribution in [1.29, 1.82) is 0 Å². The SMILES string of the molecule is Cc1ccc(C(=O)N/N=C/c2cc([N+](=O)[O-])ccc2O)cc1[N+](=O)[O-]. The molecule has 2 aromatic rings. The summed E-state index contributed by atoms with van der Waals surface area (Å²) in [5.74, 6) is -0.959. The topological polar surface area (TPSA) is 148 Å². The van der Waals surface area contributed by atoms with Gasteiger partial charge in [0.2, 0.25) is 0 Å². The lowest BCUT2D eigenvalue weighted by atomic mass is 10.1. The molecule has 0 aromatic heterocycles. The van der Waals surface area contributed by atoms with Gasteiger partial charge in [0.1, 0.15) is 5.75 Å². The molecule has 2 aromatic carbocycles. The molecule has 0 aliphatic heterocycles. The summed E-state index contributed by atoms with van der Waals surface area (Å²) in [7, 11) is 0. The number of nitrogens with zero attached hydrogens (tertiary/aromatic N) is 3. The van der Waals surface area contributed by atoms with Gasteiger partial charge in [-0.3, -0.25) is 25.0 Å². The number of non-ortho nitro benzene ring substituents is 1. The monoisotopic (exact) mass is 344 g/mol. The number of hydrazone groups is 1. The van der Waals surface area contributed by atoms with Crippen LogP contribution in [-0.4, -0.2) is 27.1 Å². The van der Waals surface area contributed by atoms with Crippen LogP contribution in [0.5, 0.6) is 5.75 Å². The molecule has 2 N–H and O–H groups in total. The number of rotatable bonds is 5. The number of hydrogen-bond acceptors (Lipinski definition) is 7. The summed E-state index contributed by atoms with van der Waals surface area (Å²) in [6.45, 7) is 1.54. The van der Waals surface area contributed by atoms with Crippen LogP contribution in [0.4, 0.5) is 11.4 Å². The molecule has 0 atom stereocenters. The number of nitro groups is 2. The van der Waals surface area contributed by atoms with Crippen molar-refractivity contribution in [2.75, 3.05) is 0 Å². The minimum Gasteiger partial charge on any atom is -0.507 e. The Kier molecular flexibility index (Phi) is 5.03. The number of hydrogen-bond donors (Lipinski definition) is 2. The van der Waals surface area contributed by atoms with Crippen molar-refractivity contribution in [1.82, 2.24) is 5.43 Å². The number of phenols is 1. The summed E-state index contributed by atoms with van der Waals surface area (Å²) < 4.78 is 0. The lowest BCUT2D eigenvalue weighted by Gasteiger charge is -2.02. The molecule has 128 valence electrons. The van der Waals surface area contributed by atoms with Gasteiger partial charge in [0, 0.05) is 34.9 Å². The zero-order chi connectivity index (χ0) is 18.6. The van der Waals surface area contributed by atoms with E-state index in [9.17, 15) is 30.1 Å². The van der Waals surface area contributed by atoms with Gasteiger partial charge in [0.15, 0.2) is 0 Å². The summed E-state index contributed by atoms with van der Waals surface area (Å²) in [6, 6.07) is 7.29. The average molecular weight is 344 g/mol. The fourth-order valence-corrected chi connectivity index (χ4v) is 1.93. The van der Waals surface area contributed by atoms with E-state index in [-0.39, 0.29) is 28.3 Å². The number of nitro benzene ring substituents is 2. The standard InChI is InChI=1S/C15H12N4O6/c1-9-2-3-10(7-13(9)19(24)25)15(21)17-16-8-11-6-12(18(22)23)4-5-14(11)20/h2-8,20H,1H3,(H,17,21)/b16-8+. The highest BCUT2D eigenvalue weighted by Crippen LogP contribution is 2.21. The molecule has 10 heteroatoms. The fraction of sp³-hybridized carbons (Fsp3) is 0.0667. The molecule has 0 bridgehead atoms. The van der Waals surface area contributed by atoms with Crippen molar-refractivity contribution in [2.45, 2.75) is 6.92 Å². The fourth-order valence-electron chi connectivity index (χ4n) is 1.93. The molecule has 0 fully saturated rings. The van der Waals surface area contributed by atoms with E-state index in [1.54, 1.807) is 6.92 Å². The van der Waals surface area contributed by atoms with Crippen LogP contribution in [0.2, 0.25) is 0 Å². The number of carbonyl (C=O) groups excluding carboxylic acids is 1. The van der Waals surface area contributed by atoms with Gasteiger partial charge in [-0.15, -0.1) is 0 Å². The second-order valence-electron chi connectivity index (χ2n) is 4.96. The molecular formula is C15H12N4O6. The van der Waals surface area contributed by atoms with Crippen LogP contribution < -0.4 is 5.43 Å². The lowest BCUT2D eigenvalue weighted by Crippen LogP contribution is -2.17. The summed E-state index contributed by atoms with van der Waals surface area (Å²) in [5.41, 5.74) is 2.15. The molecule has 2 rings (SSSR count). The number of nitrogens with one attached hydrogen (secondary N) is 1. The van der Waals surface area contributed by atoms with Gasteiger partial charge in [-0.2, -0.15) is 5.10 Å². The zero-order valence-electron chi connectivity index (χ0n) is 12.9. The third-order valence-corrected chi connectivity index (χ3v) is 3.26. The minimum atomic E-state index is -0.704. The largest absolute Gasteiger partial charge is 0.507 e. The summed E-state index contributed by atoms with van der Waals surface area (Å²) >= 11 is 0. The van der Waals surface area contributed by atoms with E-state index in [2.05, 4.69) is 10.5 Å². The van der Waals surface area contributed by atoms with E-state index < -0.39 is 15.8 Å². The smallest absolute Gasteiger partial charge is 0.273 e. The van der Waals surface area contributed by atoms with Gasteiger partial charge in [-0.25, -0.2) is 5.43 Å². The summed E-state index contributed by atoms with van der Waals surface area (Å²) in [5, 5.41) is 34.8. The Morgan fingerprint density at radius 3 is 2.52 bits per heavy atom. The second kappa shape index (κ2) is 7.17. The van der Waals surface area contributed by atoms with Gasteiger partial charge in [0.25, 0.3) is 17.3 Å². The van der Waals surface area contributed by atoms with Crippen LogP contribution in [0.25, 0.3) is 0 Å². The first kappa shape index (κ1) is 17.5. The maximum Gasteiger partial charge on any atom is 0.273 e. The number of aromatic hydroxyl groups is 1. The molecule has 0 aliphatic carbocycles. The number of phenolic OH excluding ortho intramolecular Hbond substituents is 1. The van der Waals surface area contributed by atoms with Gasteiger partial charge >= 0.3 is 0 Å². The molecule has 0 saturated heterocycles. The quantitative estimate of drug-likeness (QED) is 0.483. The average Bonchev–Trinajstić information content (AvgIpc) is 2.56. The van der Waals surface area contributed by atoms with Crippen LogP contribution in [0.15, 0.2) is 41.5 Å². The van der Waals surface area contributed by atoms with E-state index in [1.807, 2.05) is 0 Å². The van der Waals surface area contributed by atoms with Crippen molar-refractivity contribution in [3.05, 3.63) is 73.3 Å². The minimum absolute atomic E-state index is 0.0257. The molecule has 10 nitrogen and oxygen atoms in total. The van der Waals surface area contributed by atoms with Gasteiger partial charge in [-0.1, -0.05) is 6.07 Å². The first-order chi connectivity index (χ1) is 11.8. The van der Waals surface area contributed by atoms with Crippen molar-refractivity contribution in [2.24, 2.45) is 5.10 Å². The maximum absolute atomic E-state index is 12.0. The lowest BCUT2D eigenvalue weighted by molar-refractivity contribution is -0.385. The molecule has 0 aliphatic rings. The highest BCUT2D eigenvalue weighted by atomic mass is 16.6. The Bertz CT molecular complexity index is 894. The van der Waals surface area contributed by atoms with Crippen molar-refractivity contribution in [3.63, 3.8) is 0 Å². The van der Waals surface area contributed by atoms with Crippen molar-refractivity contribution < 1.29 is 19.7 Å². The first-order valence-electron chi connectivity index (χ1n) is 6.85. The molecule has 0 spiro atoms. The number of carbonyl (C=O) groups is 1. The molecule has 0 unspecified atom stereocenters. The second-order valence-corrected chi connectivity index (χ2v) is 4.96. The third-order valence-electron chi connectivity index (χ3n) is 3.26. The predicted octanol–water partition coefficient (Wildman–Crippen LogP) is 2.28. The van der Waals surface area contributed by atoms with Crippen LogP contribution >= 0.6 is 0 Å². The zero-order valence-corrected chi connectivity index (χ0v) is 12.9. The first-order valence-corrected chi connectivity index (χ1v) is 6.85. The van der Waals surface area contributed by atoms with E-state index in [4.69, 9.17) is 0 Å². The van der Waals surface area contributed by atoms with E-state index >= 15 is 0 Å². The molecule has 0 radical (unpaired) electrons. The van der Waals surface area contributed by atoms with Gasteiger partial charge < -0.3 is 5.11 Å². The highest BCUT2D eigenvalue weighted by molar-refractivity contribution is 5.95. The Morgan fingerprint density at radius 2 is 1.88 bits per heavy atom. The van der Waals surface area contributed by atoms with E-state index in [0.29, 0.717) is 5.56 Å². The van der Waals surface area contributed by atoms with Crippen LogP contribution in [0.3, 0.4) is 0 Å². The molecule has 1 amide bonds. The molecule has 0 heterocycles. The third kappa shape index (κ3) is 4.13. The summed E-state index contributed by atoms with van der Waals surface area (Å²) in [6.07, 6.45) is 1.03. The molecule has 0 saturated carbocycles. The van der Waals surface area contributed by atoms with Gasteiger partial charge in [0.05, 0.1) is 16.1 Å². The molecule has 25 heavy (non-hydrogen) atoms. The predicted molar refractivity (Wildman–Crippen MR) is 87.7 cm³/mol. The number of benzene rings is 2. The Balaban J connectivity index is 2.16. The van der Waals surface area contributed by atoms with Gasteiger partial charge in [-0.05, 0) is 19.1 Å².